The fourth-order valence-corrected chi connectivity index (χ4v) is 3.27. The normalized spacial score (nSPS) is 10.4. The summed E-state index contributed by atoms with van der Waals surface area (Å²) in [5, 5.41) is 5.69. The summed E-state index contributed by atoms with van der Waals surface area (Å²) in [6, 6.07) is 27.2. The predicted octanol–water partition coefficient (Wildman–Crippen LogP) is 5.85. The predicted molar refractivity (Wildman–Crippen MR) is 132 cm³/mol. The van der Waals surface area contributed by atoms with Gasteiger partial charge in [0.05, 0.1) is 6.26 Å². The van der Waals surface area contributed by atoms with Crippen molar-refractivity contribution in [2.24, 2.45) is 0 Å². The molecule has 0 bridgehead atoms. The molecule has 3 aromatic carbocycles. The van der Waals surface area contributed by atoms with E-state index in [0.717, 1.165) is 11.3 Å². The molecule has 0 radical (unpaired) electrons. The number of hydrogen-bond acceptors (Lipinski definition) is 4. The lowest BCUT2D eigenvalue weighted by Crippen LogP contribution is -2.41. The molecular weight excluding hydrogens is 430 g/mol. The average Bonchev–Trinajstić information content (AvgIpc) is 3.40. The zero-order valence-corrected chi connectivity index (χ0v) is 18.7. The summed E-state index contributed by atoms with van der Waals surface area (Å²) in [5.41, 5.74) is 2.45. The van der Waals surface area contributed by atoms with Gasteiger partial charge in [-0.05, 0) is 67.6 Å². The Labute approximate surface area is 198 Å². The molecule has 34 heavy (non-hydrogen) atoms. The van der Waals surface area contributed by atoms with Crippen LogP contribution in [0.4, 0.5) is 16.2 Å². The van der Waals surface area contributed by atoms with Crippen LogP contribution in [0.15, 0.2) is 102 Å². The van der Waals surface area contributed by atoms with Crippen LogP contribution in [0.3, 0.4) is 0 Å². The summed E-state index contributed by atoms with van der Waals surface area (Å²) in [5.74, 6) is 1.26. The standard InChI is InChI=1S/C27H25N3O4/c1-20-9-11-21(12-10-20)29-27(32)30(18-17-28-26(31)25-8-5-19-33-25)22-13-15-24(16-14-22)34-23-6-3-2-4-7-23/h2-16,19H,17-18H2,1H3,(H,28,31)(H,29,32). The molecule has 4 rings (SSSR count). The van der Waals surface area contributed by atoms with Gasteiger partial charge in [0.25, 0.3) is 5.91 Å². The molecule has 1 heterocycles. The molecule has 1 aromatic heterocycles. The van der Waals surface area contributed by atoms with E-state index in [1.54, 1.807) is 41.3 Å². The number of nitrogens with zero attached hydrogens (tertiary/aromatic N) is 1. The van der Waals surface area contributed by atoms with Crippen LogP contribution in [-0.4, -0.2) is 25.0 Å². The first-order valence-electron chi connectivity index (χ1n) is 10.9. The summed E-state index contributed by atoms with van der Waals surface area (Å²) in [4.78, 5) is 26.9. The lowest BCUT2D eigenvalue weighted by atomic mass is 10.2. The van der Waals surface area contributed by atoms with Gasteiger partial charge >= 0.3 is 6.03 Å². The third-order valence-electron chi connectivity index (χ3n) is 5.04. The van der Waals surface area contributed by atoms with Crippen LogP contribution in [0.1, 0.15) is 16.1 Å². The number of carbonyl (C=O) groups excluding carboxylic acids is 2. The van der Waals surface area contributed by atoms with Crippen molar-refractivity contribution in [1.29, 1.82) is 0 Å². The Balaban J connectivity index is 1.46. The topological polar surface area (TPSA) is 83.8 Å². The zero-order chi connectivity index (χ0) is 23.8. The van der Waals surface area contributed by atoms with E-state index in [1.807, 2.05) is 61.5 Å². The van der Waals surface area contributed by atoms with Gasteiger partial charge in [0, 0.05) is 24.5 Å². The maximum absolute atomic E-state index is 13.1. The Morgan fingerprint density at radius 2 is 1.56 bits per heavy atom. The highest BCUT2D eigenvalue weighted by Gasteiger charge is 2.17. The Kier molecular flexibility index (Phi) is 7.25. The molecule has 0 unspecified atom stereocenters. The fraction of sp³-hybridized carbons (Fsp3) is 0.111. The van der Waals surface area contributed by atoms with Crippen LogP contribution in [0.2, 0.25) is 0 Å². The Morgan fingerprint density at radius 1 is 0.853 bits per heavy atom. The van der Waals surface area contributed by atoms with Crippen LogP contribution < -0.4 is 20.3 Å². The first-order valence-corrected chi connectivity index (χ1v) is 10.9. The molecule has 0 spiro atoms. The molecule has 0 atom stereocenters. The van der Waals surface area contributed by atoms with Gasteiger partial charge in [-0.15, -0.1) is 0 Å². The van der Waals surface area contributed by atoms with Crippen molar-refractivity contribution in [1.82, 2.24) is 5.32 Å². The van der Waals surface area contributed by atoms with E-state index in [4.69, 9.17) is 9.15 Å². The number of furan rings is 1. The minimum absolute atomic E-state index is 0.220. The van der Waals surface area contributed by atoms with E-state index in [9.17, 15) is 9.59 Å². The molecule has 0 aliphatic rings. The summed E-state index contributed by atoms with van der Waals surface area (Å²) in [6.45, 7) is 2.48. The number of nitrogens with one attached hydrogen (secondary N) is 2. The van der Waals surface area contributed by atoms with E-state index >= 15 is 0 Å². The lowest BCUT2D eigenvalue weighted by Gasteiger charge is -2.24. The lowest BCUT2D eigenvalue weighted by molar-refractivity contribution is 0.0927. The third-order valence-corrected chi connectivity index (χ3v) is 5.04. The first-order chi connectivity index (χ1) is 16.6. The number of anilines is 2. The van der Waals surface area contributed by atoms with Crippen molar-refractivity contribution in [3.8, 4) is 11.5 Å². The number of amides is 3. The molecule has 0 fully saturated rings. The van der Waals surface area contributed by atoms with E-state index in [2.05, 4.69) is 10.6 Å². The Morgan fingerprint density at radius 3 is 2.24 bits per heavy atom. The molecule has 0 aliphatic carbocycles. The number of carbonyl (C=O) groups is 2. The van der Waals surface area contributed by atoms with Crippen LogP contribution in [0.25, 0.3) is 0 Å². The SMILES string of the molecule is Cc1ccc(NC(=O)N(CCNC(=O)c2ccco2)c2ccc(Oc3ccccc3)cc2)cc1. The van der Waals surface area contributed by atoms with Gasteiger partial charge in [-0.1, -0.05) is 35.9 Å². The molecule has 3 amide bonds. The Hall–Kier alpha value is -4.52. The number of hydrogen-bond donors (Lipinski definition) is 2. The molecule has 0 aliphatic heterocycles. The highest BCUT2D eigenvalue weighted by Crippen LogP contribution is 2.25. The molecule has 7 nitrogen and oxygen atoms in total. The van der Waals surface area contributed by atoms with Crippen molar-refractivity contribution in [2.75, 3.05) is 23.3 Å². The minimum atomic E-state index is -0.337. The second-order valence-electron chi connectivity index (χ2n) is 7.59. The van der Waals surface area contributed by atoms with Gasteiger partial charge in [0.1, 0.15) is 11.5 Å². The summed E-state index contributed by atoms with van der Waals surface area (Å²) in [6.07, 6.45) is 1.44. The van der Waals surface area contributed by atoms with Crippen LogP contribution in [0, 0.1) is 6.92 Å². The van der Waals surface area contributed by atoms with Crippen molar-refractivity contribution in [3.05, 3.63) is 109 Å². The fourth-order valence-electron chi connectivity index (χ4n) is 3.27. The van der Waals surface area contributed by atoms with Gasteiger partial charge in [-0.3, -0.25) is 9.69 Å². The van der Waals surface area contributed by atoms with Crippen molar-refractivity contribution in [2.45, 2.75) is 6.92 Å². The molecule has 7 heteroatoms. The smallest absolute Gasteiger partial charge is 0.326 e. The highest BCUT2D eigenvalue weighted by molar-refractivity contribution is 6.02. The van der Waals surface area contributed by atoms with Gasteiger partial charge in [-0.25, -0.2) is 4.79 Å². The maximum atomic E-state index is 13.1. The molecule has 172 valence electrons. The summed E-state index contributed by atoms with van der Waals surface area (Å²) < 4.78 is 11.0. The van der Waals surface area contributed by atoms with Crippen LogP contribution >= 0.6 is 0 Å². The van der Waals surface area contributed by atoms with Gasteiger partial charge in [-0.2, -0.15) is 0 Å². The van der Waals surface area contributed by atoms with Crippen LogP contribution in [0.5, 0.6) is 11.5 Å². The van der Waals surface area contributed by atoms with Crippen molar-refractivity contribution < 1.29 is 18.7 Å². The van der Waals surface area contributed by atoms with Gasteiger partial charge in [0.2, 0.25) is 0 Å². The van der Waals surface area contributed by atoms with Crippen molar-refractivity contribution in [3.63, 3.8) is 0 Å². The van der Waals surface area contributed by atoms with Gasteiger partial charge < -0.3 is 19.8 Å². The second kappa shape index (κ2) is 10.9. The quantitative estimate of drug-likeness (QED) is 0.349. The third kappa shape index (κ3) is 6.04. The maximum Gasteiger partial charge on any atom is 0.326 e. The molecule has 0 saturated heterocycles. The number of ether oxygens (including phenoxy) is 1. The number of benzene rings is 3. The summed E-state index contributed by atoms with van der Waals surface area (Å²) in [7, 11) is 0. The average molecular weight is 456 g/mol. The number of rotatable bonds is 8. The van der Waals surface area contributed by atoms with E-state index in [1.165, 1.54) is 6.26 Å². The molecule has 4 aromatic rings. The van der Waals surface area contributed by atoms with Gasteiger partial charge in [0.15, 0.2) is 5.76 Å². The minimum Gasteiger partial charge on any atom is -0.459 e. The molecule has 0 saturated carbocycles. The largest absolute Gasteiger partial charge is 0.459 e. The number of urea groups is 1. The summed E-state index contributed by atoms with van der Waals surface area (Å²) >= 11 is 0. The molecule has 2 N–H and O–H groups in total. The second-order valence-corrected chi connectivity index (χ2v) is 7.59. The monoisotopic (exact) mass is 455 g/mol. The van der Waals surface area contributed by atoms with E-state index in [0.29, 0.717) is 17.1 Å². The van der Waals surface area contributed by atoms with Crippen LogP contribution in [-0.2, 0) is 0 Å². The molecular formula is C27H25N3O4. The zero-order valence-electron chi connectivity index (χ0n) is 18.7. The van der Waals surface area contributed by atoms with E-state index in [-0.39, 0.29) is 30.8 Å². The number of para-hydroxylation sites is 1. The Bertz CT molecular complexity index is 1210. The highest BCUT2D eigenvalue weighted by atomic mass is 16.5. The first kappa shape index (κ1) is 22.7. The van der Waals surface area contributed by atoms with Crippen molar-refractivity contribution >= 4 is 23.3 Å². The van der Waals surface area contributed by atoms with E-state index < -0.39 is 0 Å². The number of aryl methyl sites for hydroxylation is 1.